The van der Waals surface area contributed by atoms with E-state index in [2.05, 4.69) is 11.1 Å². The maximum Gasteiger partial charge on any atom is 0.277 e. The molecule has 25 heavy (non-hydrogen) atoms. The Labute approximate surface area is 146 Å². The summed E-state index contributed by atoms with van der Waals surface area (Å²) in [6, 6.07) is 5.84. The van der Waals surface area contributed by atoms with Crippen LogP contribution in [0.25, 0.3) is 21.9 Å². The number of hydrogen-bond acceptors (Lipinski definition) is 3. The third kappa shape index (κ3) is 2.73. The molecular weight excluding hydrogens is 314 g/mol. The maximum atomic E-state index is 13.0. The monoisotopic (exact) mass is 337 g/mol. The standard InChI is InChI=1S/C20H23N3O2/c1-22-17-9-8-15(25-2)12-16(17)18-19(22)20(24)23(13-21-18)11-10-14-6-4-3-5-7-14/h6,8-9,12-13H,3-5,7,10-11H2,1-2H3. The molecule has 0 fully saturated rings. The van der Waals surface area contributed by atoms with Crippen molar-refractivity contribution < 1.29 is 4.74 Å². The molecule has 0 bridgehead atoms. The van der Waals surface area contributed by atoms with Gasteiger partial charge in [-0.05, 0) is 50.3 Å². The van der Waals surface area contributed by atoms with Crippen LogP contribution in [0.2, 0.25) is 0 Å². The Balaban J connectivity index is 1.77. The van der Waals surface area contributed by atoms with Crippen molar-refractivity contribution in [1.29, 1.82) is 0 Å². The van der Waals surface area contributed by atoms with Gasteiger partial charge < -0.3 is 9.30 Å². The molecule has 1 aliphatic rings. The molecular formula is C20H23N3O2. The Morgan fingerprint density at radius 2 is 2.16 bits per heavy atom. The minimum Gasteiger partial charge on any atom is -0.497 e. The second kappa shape index (κ2) is 6.39. The van der Waals surface area contributed by atoms with Gasteiger partial charge in [0.25, 0.3) is 5.56 Å². The quantitative estimate of drug-likeness (QED) is 0.681. The van der Waals surface area contributed by atoms with E-state index in [1.165, 1.54) is 24.8 Å². The van der Waals surface area contributed by atoms with Gasteiger partial charge in [-0.25, -0.2) is 4.98 Å². The second-order valence-corrected chi connectivity index (χ2v) is 6.74. The molecule has 0 saturated carbocycles. The highest BCUT2D eigenvalue weighted by Gasteiger charge is 2.15. The summed E-state index contributed by atoms with van der Waals surface area (Å²) in [6.07, 6.45) is 9.85. The van der Waals surface area contributed by atoms with Crippen LogP contribution < -0.4 is 10.3 Å². The van der Waals surface area contributed by atoms with Crippen LogP contribution >= 0.6 is 0 Å². The molecule has 0 aliphatic heterocycles. The number of rotatable bonds is 4. The van der Waals surface area contributed by atoms with Gasteiger partial charge in [-0.2, -0.15) is 0 Å². The first kappa shape index (κ1) is 15.9. The number of fused-ring (bicyclic) bond motifs is 3. The van der Waals surface area contributed by atoms with Crippen LogP contribution in [0.3, 0.4) is 0 Å². The van der Waals surface area contributed by atoms with Gasteiger partial charge in [0.2, 0.25) is 0 Å². The van der Waals surface area contributed by atoms with Crippen molar-refractivity contribution in [2.45, 2.75) is 38.6 Å². The summed E-state index contributed by atoms with van der Waals surface area (Å²) < 4.78 is 9.00. The van der Waals surface area contributed by atoms with Crippen LogP contribution in [0, 0.1) is 0 Å². The number of methoxy groups -OCH3 is 1. The largest absolute Gasteiger partial charge is 0.497 e. The third-order valence-corrected chi connectivity index (χ3v) is 5.23. The van der Waals surface area contributed by atoms with Crippen molar-refractivity contribution in [3.05, 3.63) is 46.5 Å². The Bertz CT molecular complexity index is 1030. The van der Waals surface area contributed by atoms with E-state index in [1.807, 2.05) is 29.8 Å². The fraction of sp³-hybridized carbons (Fsp3) is 0.400. The normalized spacial score (nSPS) is 14.9. The highest BCUT2D eigenvalue weighted by atomic mass is 16.5. The predicted molar refractivity (Wildman–Crippen MR) is 100 cm³/mol. The fourth-order valence-corrected chi connectivity index (χ4v) is 3.78. The van der Waals surface area contributed by atoms with Crippen LogP contribution in [0.15, 0.2) is 41.0 Å². The first-order valence-corrected chi connectivity index (χ1v) is 8.88. The van der Waals surface area contributed by atoms with Gasteiger partial charge in [0.05, 0.1) is 19.0 Å². The van der Waals surface area contributed by atoms with E-state index in [-0.39, 0.29) is 5.56 Å². The average Bonchev–Trinajstić information content (AvgIpc) is 2.94. The molecule has 2 heterocycles. The zero-order chi connectivity index (χ0) is 17.4. The number of aryl methyl sites for hydroxylation is 2. The molecule has 5 heteroatoms. The lowest BCUT2D eigenvalue weighted by molar-refractivity contribution is 0.415. The van der Waals surface area contributed by atoms with Crippen molar-refractivity contribution >= 4 is 21.9 Å². The molecule has 0 unspecified atom stereocenters. The van der Waals surface area contributed by atoms with Crippen molar-refractivity contribution in [2.75, 3.05) is 7.11 Å². The molecule has 0 N–H and O–H groups in total. The summed E-state index contributed by atoms with van der Waals surface area (Å²) in [6.45, 7) is 0.693. The molecule has 4 rings (SSSR count). The predicted octanol–water partition coefficient (Wildman–Crippen LogP) is 3.79. The van der Waals surface area contributed by atoms with Gasteiger partial charge in [-0.1, -0.05) is 11.6 Å². The summed E-state index contributed by atoms with van der Waals surface area (Å²) in [4.78, 5) is 17.6. The van der Waals surface area contributed by atoms with E-state index in [0.29, 0.717) is 12.1 Å². The van der Waals surface area contributed by atoms with Crippen molar-refractivity contribution in [3.63, 3.8) is 0 Å². The van der Waals surface area contributed by atoms with Crippen LogP contribution in [-0.4, -0.2) is 21.2 Å². The van der Waals surface area contributed by atoms with Crippen LogP contribution in [0.1, 0.15) is 32.1 Å². The van der Waals surface area contributed by atoms with E-state index < -0.39 is 0 Å². The lowest BCUT2D eigenvalue weighted by Gasteiger charge is -2.13. The Hall–Kier alpha value is -2.56. The smallest absolute Gasteiger partial charge is 0.277 e. The van der Waals surface area contributed by atoms with Gasteiger partial charge >= 0.3 is 0 Å². The van der Waals surface area contributed by atoms with E-state index in [4.69, 9.17) is 4.74 Å². The Morgan fingerprint density at radius 3 is 2.92 bits per heavy atom. The molecule has 1 aromatic carbocycles. The van der Waals surface area contributed by atoms with Gasteiger partial charge in [-0.3, -0.25) is 9.36 Å². The van der Waals surface area contributed by atoms with Gasteiger partial charge in [0.1, 0.15) is 16.8 Å². The molecule has 1 aliphatic carbocycles. The number of ether oxygens (including phenoxy) is 1. The van der Waals surface area contributed by atoms with Gasteiger partial charge in [0.15, 0.2) is 0 Å². The zero-order valence-electron chi connectivity index (χ0n) is 14.8. The number of benzene rings is 1. The number of allylic oxidation sites excluding steroid dienone is 2. The lowest BCUT2D eigenvalue weighted by atomic mass is 9.97. The molecule has 0 spiro atoms. The lowest BCUT2D eigenvalue weighted by Crippen LogP contribution is -2.22. The minimum absolute atomic E-state index is 0.0269. The van der Waals surface area contributed by atoms with Crippen molar-refractivity contribution in [2.24, 2.45) is 7.05 Å². The second-order valence-electron chi connectivity index (χ2n) is 6.74. The van der Waals surface area contributed by atoms with Gasteiger partial charge in [0, 0.05) is 19.0 Å². The average molecular weight is 337 g/mol. The van der Waals surface area contributed by atoms with E-state index in [0.717, 1.165) is 35.0 Å². The number of aromatic nitrogens is 3. The molecule has 0 radical (unpaired) electrons. The molecule has 5 nitrogen and oxygen atoms in total. The molecule has 130 valence electrons. The first-order valence-electron chi connectivity index (χ1n) is 8.88. The van der Waals surface area contributed by atoms with E-state index in [1.54, 1.807) is 18.0 Å². The summed E-state index contributed by atoms with van der Waals surface area (Å²) in [7, 11) is 3.57. The third-order valence-electron chi connectivity index (χ3n) is 5.23. The Kier molecular flexibility index (Phi) is 4.07. The zero-order valence-corrected chi connectivity index (χ0v) is 14.8. The maximum absolute atomic E-state index is 13.0. The highest BCUT2D eigenvalue weighted by Crippen LogP contribution is 2.28. The topological polar surface area (TPSA) is 49.1 Å². The molecule has 0 saturated heterocycles. The fourth-order valence-electron chi connectivity index (χ4n) is 3.78. The Morgan fingerprint density at radius 1 is 1.28 bits per heavy atom. The first-order chi connectivity index (χ1) is 12.2. The van der Waals surface area contributed by atoms with Crippen molar-refractivity contribution in [3.8, 4) is 5.75 Å². The molecule has 2 aromatic heterocycles. The molecule has 0 atom stereocenters. The molecule has 0 amide bonds. The molecule has 3 aromatic rings. The van der Waals surface area contributed by atoms with Crippen LogP contribution in [0.4, 0.5) is 0 Å². The summed E-state index contributed by atoms with van der Waals surface area (Å²) in [5.41, 5.74) is 3.89. The summed E-state index contributed by atoms with van der Waals surface area (Å²) >= 11 is 0. The van der Waals surface area contributed by atoms with Crippen LogP contribution in [-0.2, 0) is 13.6 Å². The summed E-state index contributed by atoms with van der Waals surface area (Å²) in [5, 5.41) is 0.955. The van der Waals surface area contributed by atoms with Crippen molar-refractivity contribution in [1.82, 2.24) is 14.1 Å². The van der Waals surface area contributed by atoms with E-state index >= 15 is 0 Å². The summed E-state index contributed by atoms with van der Waals surface area (Å²) in [5.74, 6) is 0.773. The number of hydrogen-bond donors (Lipinski definition) is 0. The van der Waals surface area contributed by atoms with Gasteiger partial charge in [-0.15, -0.1) is 0 Å². The minimum atomic E-state index is 0.0269. The number of nitrogens with zero attached hydrogens (tertiary/aromatic N) is 3. The van der Waals surface area contributed by atoms with E-state index in [9.17, 15) is 4.79 Å². The highest BCUT2D eigenvalue weighted by molar-refractivity contribution is 6.05. The van der Waals surface area contributed by atoms with Crippen LogP contribution in [0.5, 0.6) is 5.75 Å². The SMILES string of the molecule is COc1ccc2c(c1)c1ncn(CCC3=CCCCC3)c(=O)c1n2C.